The Labute approximate surface area is 99.8 Å². The Morgan fingerprint density at radius 2 is 1.80 bits per heavy atom. The van der Waals surface area contributed by atoms with E-state index in [1.54, 1.807) is 0 Å². The average Bonchev–Trinajstić information content (AvgIpc) is 2.27. The molecule has 0 bridgehead atoms. The smallest absolute Gasteiger partial charge is 0.0738 e. The van der Waals surface area contributed by atoms with Crippen LogP contribution in [0, 0.1) is 0 Å². The standard InChI is InChI=1S/C12H18BrNO/c1-3-11(12(15)4-2)14-10-7-5-9(13)6-8-10/h5-8,11-12,14-15H,3-4H2,1-2H3. The first-order valence-corrected chi connectivity index (χ1v) is 6.16. The minimum absolute atomic E-state index is 0.135. The molecule has 0 aliphatic carbocycles. The number of hydrogen-bond donors (Lipinski definition) is 2. The Morgan fingerprint density at radius 3 is 2.27 bits per heavy atom. The normalized spacial score (nSPS) is 14.7. The van der Waals surface area contributed by atoms with Crippen LogP contribution in [0.4, 0.5) is 5.69 Å². The molecule has 84 valence electrons. The Kier molecular flexibility index (Phi) is 5.12. The van der Waals surface area contributed by atoms with Crippen molar-refractivity contribution in [2.75, 3.05) is 5.32 Å². The van der Waals surface area contributed by atoms with E-state index < -0.39 is 0 Å². The van der Waals surface area contributed by atoms with Crippen LogP contribution in [0.5, 0.6) is 0 Å². The van der Waals surface area contributed by atoms with E-state index in [0.29, 0.717) is 0 Å². The van der Waals surface area contributed by atoms with Crippen LogP contribution < -0.4 is 5.32 Å². The predicted octanol–water partition coefficient (Wildman–Crippen LogP) is 3.41. The first-order valence-electron chi connectivity index (χ1n) is 5.37. The van der Waals surface area contributed by atoms with Gasteiger partial charge in [0.15, 0.2) is 0 Å². The van der Waals surface area contributed by atoms with Crippen molar-refractivity contribution in [1.82, 2.24) is 0 Å². The van der Waals surface area contributed by atoms with E-state index >= 15 is 0 Å². The molecule has 2 N–H and O–H groups in total. The lowest BCUT2D eigenvalue weighted by Crippen LogP contribution is -2.32. The van der Waals surface area contributed by atoms with Crippen LogP contribution in [0.15, 0.2) is 28.7 Å². The molecule has 0 heterocycles. The van der Waals surface area contributed by atoms with Gasteiger partial charge in [-0.3, -0.25) is 0 Å². The van der Waals surface area contributed by atoms with Gasteiger partial charge in [0, 0.05) is 10.2 Å². The molecule has 15 heavy (non-hydrogen) atoms. The molecule has 0 aromatic heterocycles. The molecule has 0 amide bonds. The van der Waals surface area contributed by atoms with Gasteiger partial charge in [0.1, 0.15) is 0 Å². The van der Waals surface area contributed by atoms with Crippen LogP contribution in [-0.4, -0.2) is 17.3 Å². The fraction of sp³-hybridized carbons (Fsp3) is 0.500. The highest BCUT2D eigenvalue weighted by Gasteiger charge is 2.14. The molecule has 0 spiro atoms. The first-order chi connectivity index (χ1) is 7.17. The summed E-state index contributed by atoms with van der Waals surface area (Å²) in [6, 6.07) is 8.14. The highest BCUT2D eigenvalue weighted by atomic mass is 79.9. The first kappa shape index (κ1) is 12.5. The summed E-state index contributed by atoms with van der Waals surface area (Å²) < 4.78 is 1.07. The minimum Gasteiger partial charge on any atom is -0.391 e. The van der Waals surface area contributed by atoms with Crippen LogP contribution in [0.2, 0.25) is 0 Å². The Bertz CT molecular complexity index is 286. The van der Waals surface area contributed by atoms with Crippen molar-refractivity contribution in [2.45, 2.75) is 38.8 Å². The molecule has 2 unspecified atom stereocenters. The maximum absolute atomic E-state index is 9.76. The third-order valence-electron chi connectivity index (χ3n) is 2.52. The van der Waals surface area contributed by atoms with E-state index in [4.69, 9.17) is 0 Å². The third-order valence-corrected chi connectivity index (χ3v) is 3.05. The highest BCUT2D eigenvalue weighted by Crippen LogP contribution is 2.17. The van der Waals surface area contributed by atoms with Gasteiger partial charge >= 0.3 is 0 Å². The molecular weight excluding hydrogens is 254 g/mol. The lowest BCUT2D eigenvalue weighted by molar-refractivity contribution is 0.146. The molecule has 2 atom stereocenters. The molecule has 0 saturated heterocycles. The number of hydrogen-bond acceptors (Lipinski definition) is 2. The van der Waals surface area contributed by atoms with E-state index in [-0.39, 0.29) is 12.1 Å². The second-order valence-corrected chi connectivity index (χ2v) is 4.56. The molecular formula is C12H18BrNO. The topological polar surface area (TPSA) is 32.3 Å². The molecule has 1 aromatic rings. The molecule has 0 aliphatic rings. The van der Waals surface area contributed by atoms with Crippen LogP contribution in [0.25, 0.3) is 0 Å². The summed E-state index contributed by atoms with van der Waals surface area (Å²) in [7, 11) is 0. The number of anilines is 1. The zero-order chi connectivity index (χ0) is 11.3. The fourth-order valence-corrected chi connectivity index (χ4v) is 1.78. The Balaban J connectivity index is 2.62. The van der Waals surface area contributed by atoms with Gasteiger partial charge in [0.05, 0.1) is 12.1 Å². The highest BCUT2D eigenvalue weighted by molar-refractivity contribution is 9.10. The number of aliphatic hydroxyl groups is 1. The van der Waals surface area contributed by atoms with E-state index in [1.807, 2.05) is 31.2 Å². The van der Waals surface area contributed by atoms with Gasteiger partial charge in [0.2, 0.25) is 0 Å². The van der Waals surface area contributed by atoms with E-state index in [2.05, 4.69) is 28.2 Å². The van der Waals surface area contributed by atoms with Crippen molar-refractivity contribution >= 4 is 21.6 Å². The summed E-state index contributed by atoms with van der Waals surface area (Å²) >= 11 is 3.39. The van der Waals surface area contributed by atoms with Crippen LogP contribution >= 0.6 is 15.9 Å². The van der Waals surface area contributed by atoms with Gasteiger partial charge in [-0.2, -0.15) is 0 Å². The lowest BCUT2D eigenvalue weighted by atomic mass is 10.1. The largest absolute Gasteiger partial charge is 0.391 e. The number of benzene rings is 1. The van der Waals surface area contributed by atoms with Crippen molar-refractivity contribution in [3.63, 3.8) is 0 Å². The maximum atomic E-state index is 9.76. The van der Waals surface area contributed by atoms with Gasteiger partial charge < -0.3 is 10.4 Å². The molecule has 2 nitrogen and oxygen atoms in total. The molecule has 0 fully saturated rings. The Hall–Kier alpha value is -0.540. The number of rotatable bonds is 5. The lowest BCUT2D eigenvalue weighted by Gasteiger charge is -2.22. The molecule has 0 radical (unpaired) electrons. The number of halogens is 1. The third kappa shape index (κ3) is 3.84. The molecule has 0 aliphatic heterocycles. The summed E-state index contributed by atoms with van der Waals surface area (Å²) in [4.78, 5) is 0. The SMILES string of the molecule is CCC(O)C(CC)Nc1ccc(Br)cc1. The number of aliphatic hydroxyl groups excluding tert-OH is 1. The summed E-state index contributed by atoms with van der Waals surface area (Å²) in [5.74, 6) is 0. The van der Waals surface area contributed by atoms with Crippen LogP contribution in [0.3, 0.4) is 0 Å². The van der Waals surface area contributed by atoms with E-state index in [0.717, 1.165) is 23.0 Å². The van der Waals surface area contributed by atoms with Gasteiger partial charge in [-0.15, -0.1) is 0 Å². The summed E-state index contributed by atoms with van der Waals surface area (Å²) in [5.41, 5.74) is 1.05. The van der Waals surface area contributed by atoms with Gasteiger partial charge in [-0.1, -0.05) is 29.8 Å². The quantitative estimate of drug-likeness (QED) is 0.860. The van der Waals surface area contributed by atoms with Gasteiger partial charge in [-0.05, 0) is 37.1 Å². The van der Waals surface area contributed by atoms with Crippen molar-refractivity contribution < 1.29 is 5.11 Å². The molecule has 1 aromatic carbocycles. The fourth-order valence-electron chi connectivity index (χ4n) is 1.52. The average molecular weight is 272 g/mol. The van der Waals surface area contributed by atoms with Gasteiger partial charge in [0.25, 0.3) is 0 Å². The summed E-state index contributed by atoms with van der Waals surface area (Å²) in [5, 5.41) is 13.1. The van der Waals surface area contributed by atoms with E-state index in [9.17, 15) is 5.11 Å². The predicted molar refractivity (Wildman–Crippen MR) is 68.1 cm³/mol. The minimum atomic E-state index is -0.279. The number of nitrogens with one attached hydrogen (secondary N) is 1. The monoisotopic (exact) mass is 271 g/mol. The van der Waals surface area contributed by atoms with Crippen molar-refractivity contribution in [3.05, 3.63) is 28.7 Å². The Morgan fingerprint density at radius 1 is 1.20 bits per heavy atom. The second kappa shape index (κ2) is 6.13. The van der Waals surface area contributed by atoms with Gasteiger partial charge in [-0.25, -0.2) is 0 Å². The van der Waals surface area contributed by atoms with E-state index in [1.165, 1.54) is 0 Å². The zero-order valence-electron chi connectivity index (χ0n) is 9.20. The van der Waals surface area contributed by atoms with Crippen molar-refractivity contribution in [2.24, 2.45) is 0 Å². The molecule has 0 saturated carbocycles. The maximum Gasteiger partial charge on any atom is 0.0738 e. The molecule has 3 heteroatoms. The van der Waals surface area contributed by atoms with Crippen LogP contribution in [0.1, 0.15) is 26.7 Å². The van der Waals surface area contributed by atoms with Crippen molar-refractivity contribution in [1.29, 1.82) is 0 Å². The summed E-state index contributed by atoms with van der Waals surface area (Å²) in [6.07, 6.45) is 1.42. The zero-order valence-corrected chi connectivity index (χ0v) is 10.8. The van der Waals surface area contributed by atoms with Crippen LogP contribution in [-0.2, 0) is 0 Å². The second-order valence-electron chi connectivity index (χ2n) is 3.64. The molecule has 1 rings (SSSR count). The van der Waals surface area contributed by atoms with Crippen molar-refractivity contribution in [3.8, 4) is 0 Å². The summed E-state index contributed by atoms with van der Waals surface area (Å²) in [6.45, 7) is 4.08.